The Kier molecular flexibility index (Phi) is 4.40. The molecule has 2 rings (SSSR count). The van der Waals surface area contributed by atoms with Crippen LogP contribution in [0.25, 0.3) is 0 Å². The molecule has 4 heteroatoms. The number of nitrogens with one attached hydrogen (secondary N) is 1. The van der Waals surface area contributed by atoms with Gasteiger partial charge in [-0.05, 0) is 32.2 Å². The summed E-state index contributed by atoms with van der Waals surface area (Å²) in [5, 5.41) is 3.34. The van der Waals surface area contributed by atoms with Crippen molar-refractivity contribution in [1.29, 1.82) is 0 Å². The molecule has 0 atom stereocenters. The molecule has 4 nitrogen and oxygen atoms in total. The minimum atomic E-state index is -0.0830. The molecule has 1 aliphatic carbocycles. The van der Waals surface area contributed by atoms with E-state index >= 15 is 0 Å². The van der Waals surface area contributed by atoms with Crippen LogP contribution >= 0.6 is 0 Å². The van der Waals surface area contributed by atoms with Gasteiger partial charge in [0.05, 0.1) is 5.41 Å². The highest BCUT2D eigenvalue weighted by molar-refractivity contribution is 5.83. The van der Waals surface area contributed by atoms with Crippen molar-refractivity contribution in [2.24, 2.45) is 5.41 Å². The molecule has 1 heterocycles. The third-order valence-electron chi connectivity index (χ3n) is 4.18. The summed E-state index contributed by atoms with van der Waals surface area (Å²) in [7, 11) is 1.71. The number of amides is 1. The number of ether oxygens (including phenoxy) is 1. The van der Waals surface area contributed by atoms with Gasteiger partial charge < -0.3 is 15.0 Å². The van der Waals surface area contributed by atoms with E-state index in [2.05, 4.69) is 10.2 Å². The molecule has 17 heavy (non-hydrogen) atoms. The zero-order chi connectivity index (χ0) is 12.1. The normalized spacial score (nSPS) is 23.9. The monoisotopic (exact) mass is 240 g/mol. The molecule has 0 aromatic carbocycles. The van der Waals surface area contributed by atoms with E-state index in [0.717, 1.165) is 51.9 Å². The summed E-state index contributed by atoms with van der Waals surface area (Å²) in [5.74, 6) is 0.379. The first-order chi connectivity index (χ1) is 8.28. The summed E-state index contributed by atoms with van der Waals surface area (Å²) in [6, 6.07) is 0. The Balaban J connectivity index is 1.95. The van der Waals surface area contributed by atoms with Crippen LogP contribution in [0.4, 0.5) is 0 Å². The van der Waals surface area contributed by atoms with Crippen molar-refractivity contribution in [3.63, 3.8) is 0 Å². The van der Waals surface area contributed by atoms with Crippen molar-refractivity contribution in [1.82, 2.24) is 10.2 Å². The lowest BCUT2D eigenvalue weighted by molar-refractivity contribution is -0.148. The van der Waals surface area contributed by atoms with Crippen LogP contribution in [0.2, 0.25) is 0 Å². The Labute approximate surface area is 104 Å². The van der Waals surface area contributed by atoms with E-state index in [0.29, 0.717) is 12.5 Å². The number of carbonyl (C=O) groups is 1. The second-order valence-corrected chi connectivity index (χ2v) is 5.27. The minimum Gasteiger partial charge on any atom is -0.385 e. The summed E-state index contributed by atoms with van der Waals surface area (Å²) >= 11 is 0. The molecule has 2 aliphatic rings. The fraction of sp³-hybridized carbons (Fsp3) is 0.923. The van der Waals surface area contributed by atoms with E-state index in [1.54, 1.807) is 7.11 Å². The van der Waals surface area contributed by atoms with Crippen molar-refractivity contribution in [3.8, 4) is 0 Å². The largest absolute Gasteiger partial charge is 0.385 e. The first-order valence-electron chi connectivity index (χ1n) is 6.77. The molecule has 1 saturated carbocycles. The Hall–Kier alpha value is -0.610. The molecule has 1 N–H and O–H groups in total. The minimum absolute atomic E-state index is 0.0830. The lowest BCUT2D eigenvalue weighted by Crippen LogP contribution is -2.49. The van der Waals surface area contributed by atoms with Gasteiger partial charge in [-0.15, -0.1) is 0 Å². The highest BCUT2D eigenvalue weighted by atomic mass is 16.5. The maximum Gasteiger partial charge on any atom is 0.228 e. The molecule has 2 fully saturated rings. The SMILES string of the molecule is COCCC1(C(=O)N2CCCNCC2)CCC1. The topological polar surface area (TPSA) is 41.6 Å². The van der Waals surface area contributed by atoms with Crippen LogP contribution in [0.15, 0.2) is 0 Å². The first-order valence-corrected chi connectivity index (χ1v) is 6.77. The lowest BCUT2D eigenvalue weighted by atomic mass is 9.65. The Morgan fingerprint density at radius 2 is 2.12 bits per heavy atom. The summed E-state index contributed by atoms with van der Waals surface area (Å²) in [4.78, 5) is 14.7. The molecular formula is C13H24N2O2. The summed E-state index contributed by atoms with van der Waals surface area (Å²) in [6.45, 7) is 4.47. The van der Waals surface area contributed by atoms with E-state index in [-0.39, 0.29) is 5.41 Å². The number of hydrogen-bond donors (Lipinski definition) is 1. The Bertz CT molecular complexity index is 256. The smallest absolute Gasteiger partial charge is 0.228 e. The molecule has 1 aliphatic heterocycles. The third-order valence-corrected chi connectivity index (χ3v) is 4.18. The fourth-order valence-electron chi connectivity index (χ4n) is 2.86. The quantitative estimate of drug-likeness (QED) is 0.797. The Morgan fingerprint density at radius 3 is 2.76 bits per heavy atom. The average molecular weight is 240 g/mol. The van der Waals surface area contributed by atoms with Crippen molar-refractivity contribution < 1.29 is 9.53 Å². The van der Waals surface area contributed by atoms with Gasteiger partial charge in [0.25, 0.3) is 0 Å². The highest BCUT2D eigenvalue weighted by Gasteiger charge is 2.45. The summed E-state index contributed by atoms with van der Waals surface area (Å²) < 4.78 is 5.15. The van der Waals surface area contributed by atoms with Gasteiger partial charge >= 0.3 is 0 Å². The van der Waals surface area contributed by atoms with Gasteiger partial charge in [0, 0.05) is 33.4 Å². The van der Waals surface area contributed by atoms with Gasteiger partial charge in [-0.25, -0.2) is 0 Å². The number of methoxy groups -OCH3 is 1. The zero-order valence-electron chi connectivity index (χ0n) is 10.8. The standard InChI is InChI=1S/C13H24N2O2/c1-17-11-6-13(4-2-5-13)12(16)15-9-3-7-14-8-10-15/h14H,2-11H2,1H3. The lowest BCUT2D eigenvalue weighted by Gasteiger charge is -2.43. The van der Waals surface area contributed by atoms with Crippen LogP contribution in [0, 0.1) is 5.41 Å². The first kappa shape index (κ1) is 12.8. The van der Waals surface area contributed by atoms with Gasteiger partial charge in [0.1, 0.15) is 0 Å². The van der Waals surface area contributed by atoms with E-state index in [4.69, 9.17) is 4.74 Å². The van der Waals surface area contributed by atoms with Gasteiger partial charge in [-0.2, -0.15) is 0 Å². The van der Waals surface area contributed by atoms with Crippen LogP contribution in [0.3, 0.4) is 0 Å². The Morgan fingerprint density at radius 1 is 1.29 bits per heavy atom. The molecule has 0 unspecified atom stereocenters. The summed E-state index contributed by atoms with van der Waals surface area (Å²) in [5.41, 5.74) is -0.0830. The van der Waals surface area contributed by atoms with Gasteiger partial charge in [-0.3, -0.25) is 4.79 Å². The molecule has 0 aromatic rings. The molecule has 0 spiro atoms. The third kappa shape index (κ3) is 2.80. The highest BCUT2D eigenvalue weighted by Crippen LogP contribution is 2.45. The molecule has 0 radical (unpaired) electrons. The molecule has 1 amide bonds. The molecule has 1 saturated heterocycles. The number of hydrogen-bond acceptors (Lipinski definition) is 3. The maximum absolute atomic E-state index is 12.6. The molecular weight excluding hydrogens is 216 g/mol. The van der Waals surface area contributed by atoms with Crippen molar-refractivity contribution in [3.05, 3.63) is 0 Å². The van der Waals surface area contributed by atoms with Crippen LogP contribution in [0.5, 0.6) is 0 Å². The summed E-state index contributed by atoms with van der Waals surface area (Å²) in [6.07, 6.45) is 5.28. The predicted octanol–water partition coefficient (Wildman–Crippen LogP) is 1.02. The van der Waals surface area contributed by atoms with Crippen molar-refractivity contribution >= 4 is 5.91 Å². The second-order valence-electron chi connectivity index (χ2n) is 5.27. The second kappa shape index (κ2) is 5.83. The van der Waals surface area contributed by atoms with E-state index in [9.17, 15) is 4.79 Å². The number of carbonyl (C=O) groups excluding carboxylic acids is 1. The van der Waals surface area contributed by atoms with Gasteiger partial charge in [0.15, 0.2) is 0 Å². The molecule has 0 aromatic heterocycles. The predicted molar refractivity (Wildman–Crippen MR) is 66.8 cm³/mol. The number of nitrogens with zero attached hydrogens (tertiary/aromatic N) is 1. The average Bonchev–Trinajstić information content (AvgIpc) is 2.56. The van der Waals surface area contributed by atoms with Crippen LogP contribution in [-0.4, -0.2) is 50.7 Å². The van der Waals surface area contributed by atoms with Crippen LogP contribution in [0.1, 0.15) is 32.1 Å². The van der Waals surface area contributed by atoms with Gasteiger partial charge in [-0.1, -0.05) is 6.42 Å². The van der Waals surface area contributed by atoms with E-state index in [1.807, 2.05) is 0 Å². The number of rotatable bonds is 4. The zero-order valence-corrected chi connectivity index (χ0v) is 10.8. The van der Waals surface area contributed by atoms with E-state index < -0.39 is 0 Å². The van der Waals surface area contributed by atoms with Crippen molar-refractivity contribution in [2.75, 3.05) is 39.9 Å². The molecule has 0 bridgehead atoms. The van der Waals surface area contributed by atoms with Crippen LogP contribution in [-0.2, 0) is 9.53 Å². The van der Waals surface area contributed by atoms with Crippen LogP contribution < -0.4 is 5.32 Å². The fourth-order valence-corrected chi connectivity index (χ4v) is 2.86. The van der Waals surface area contributed by atoms with E-state index in [1.165, 1.54) is 6.42 Å². The van der Waals surface area contributed by atoms with Gasteiger partial charge in [0.2, 0.25) is 5.91 Å². The maximum atomic E-state index is 12.6. The van der Waals surface area contributed by atoms with Crippen molar-refractivity contribution in [2.45, 2.75) is 32.1 Å². The molecule has 98 valence electrons.